The van der Waals surface area contributed by atoms with Gasteiger partial charge in [0.05, 0.1) is 25.2 Å². The molecule has 0 saturated carbocycles. The fourth-order valence-corrected chi connectivity index (χ4v) is 3.15. The van der Waals surface area contributed by atoms with E-state index in [1.165, 1.54) is 0 Å². The molecule has 2 aromatic heterocycles. The predicted molar refractivity (Wildman–Crippen MR) is 93.6 cm³/mol. The quantitative estimate of drug-likeness (QED) is 0.766. The lowest BCUT2D eigenvalue weighted by atomic mass is 10.2. The first-order chi connectivity index (χ1) is 12.2. The molecule has 3 heterocycles. The summed E-state index contributed by atoms with van der Waals surface area (Å²) in [4.78, 5) is 22.6. The Morgan fingerprint density at radius 2 is 2.28 bits per heavy atom. The molecule has 25 heavy (non-hydrogen) atoms. The van der Waals surface area contributed by atoms with Crippen LogP contribution in [-0.4, -0.2) is 40.0 Å². The molecule has 0 bridgehead atoms. The molecule has 128 valence electrons. The van der Waals surface area contributed by atoms with E-state index >= 15 is 0 Å². The van der Waals surface area contributed by atoms with Gasteiger partial charge in [0.1, 0.15) is 5.75 Å². The van der Waals surface area contributed by atoms with Crippen molar-refractivity contribution in [2.24, 2.45) is 0 Å². The molecule has 1 aromatic carbocycles. The van der Waals surface area contributed by atoms with Crippen LogP contribution in [-0.2, 0) is 11.3 Å². The van der Waals surface area contributed by atoms with Gasteiger partial charge in [-0.15, -0.1) is 0 Å². The van der Waals surface area contributed by atoms with Crippen LogP contribution in [0.25, 0.3) is 5.65 Å². The second-order valence-corrected chi connectivity index (χ2v) is 6.04. The molecule has 0 radical (unpaired) electrons. The summed E-state index contributed by atoms with van der Waals surface area (Å²) in [6.07, 6.45) is 7.67. The molecule has 7 nitrogen and oxygen atoms in total. The largest absolute Gasteiger partial charge is 0.497 e. The summed E-state index contributed by atoms with van der Waals surface area (Å²) in [5.41, 5.74) is 2.74. The second-order valence-electron chi connectivity index (χ2n) is 6.04. The molecule has 1 saturated heterocycles. The van der Waals surface area contributed by atoms with Crippen LogP contribution >= 0.6 is 0 Å². The van der Waals surface area contributed by atoms with Crippen molar-refractivity contribution in [2.75, 3.05) is 18.6 Å². The number of imidazole rings is 1. The van der Waals surface area contributed by atoms with Gasteiger partial charge in [-0.1, -0.05) is 6.07 Å². The topological polar surface area (TPSA) is 71.8 Å². The summed E-state index contributed by atoms with van der Waals surface area (Å²) in [6, 6.07) is 7.69. The van der Waals surface area contributed by atoms with Crippen LogP contribution in [0.4, 0.5) is 5.69 Å². The van der Waals surface area contributed by atoms with Gasteiger partial charge in [-0.3, -0.25) is 14.2 Å². The van der Waals surface area contributed by atoms with Crippen molar-refractivity contribution in [1.82, 2.24) is 19.7 Å². The van der Waals surface area contributed by atoms with Gasteiger partial charge in [-0.25, -0.2) is 4.98 Å². The number of nitrogens with zero attached hydrogens (tertiary/aromatic N) is 4. The number of amides is 1. The number of carbonyl (C=O) groups is 1. The minimum absolute atomic E-state index is 0.103. The van der Waals surface area contributed by atoms with E-state index in [1.807, 2.05) is 41.1 Å². The highest BCUT2D eigenvalue weighted by Crippen LogP contribution is 2.25. The Kier molecular flexibility index (Phi) is 4.07. The monoisotopic (exact) mass is 337 g/mol. The number of fused-ring (bicyclic) bond motifs is 1. The van der Waals surface area contributed by atoms with Gasteiger partial charge in [-0.05, 0) is 12.1 Å². The molecule has 0 spiro atoms. The molecule has 1 aliphatic rings. The van der Waals surface area contributed by atoms with Crippen LogP contribution in [0, 0.1) is 0 Å². The Morgan fingerprint density at radius 1 is 1.36 bits per heavy atom. The van der Waals surface area contributed by atoms with E-state index in [1.54, 1.807) is 24.4 Å². The normalized spacial score (nSPS) is 17.4. The van der Waals surface area contributed by atoms with E-state index in [9.17, 15) is 4.79 Å². The molecule has 1 atom stereocenters. The van der Waals surface area contributed by atoms with Crippen molar-refractivity contribution in [3.05, 3.63) is 54.7 Å². The molecule has 7 heteroatoms. The van der Waals surface area contributed by atoms with E-state index in [0.717, 1.165) is 22.8 Å². The van der Waals surface area contributed by atoms with Gasteiger partial charge in [0.15, 0.2) is 5.65 Å². The Balaban J connectivity index is 1.44. The molecule has 1 unspecified atom stereocenters. The average molecular weight is 337 g/mol. The number of benzene rings is 1. The average Bonchev–Trinajstić information content (AvgIpc) is 3.23. The van der Waals surface area contributed by atoms with Gasteiger partial charge < -0.3 is 15.0 Å². The van der Waals surface area contributed by atoms with Crippen LogP contribution in [0.15, 0.2) is 49.1 Å². The van der Waals surface area contributed by atoms with Gasteiger partial charge in [0, 0.05) is 49.7 Å². The molecule has 1 aliphatic heterocycles. The lowest BCUT2D eigenvalue weighted by Gasteiger charge is -2.18. The lowest BCUT2D eigenvalue weighted by Crippen LogP contribution is -2.32. The fourth-order valence-electron chi connectivity index (χ4n) is 3.15. The Hall–Kier alpha value is -2.93. The van der Waals surface area contributed by atoms with Crippen molar-refractivity contribution in [2.45, 2.75) is 19.0 Å². The lowest BCUT2D eigenvalue weighted by molar-refractivity contribution is -0.117. The maximum absolute atomic E-state index is 12.4. The number of carbonyl (C=O) groups excluding carboxylic acids is 1. The molecule has 4 rings (SSSR count). The third-order valence-electron chi connectivity index (χ3n) is 4.46. The third kappa shape index (κ3) is 3.06. The highest BCUT2D eigenvalue weighted by molar-refractivity contribution is 5.96. The van der Waals surface area contributed by atoms with Gasteiger partial charge >= 0.3 is 0 Å². The first kappa shape index (κ1) is 15.6. The zero-order chi connectivity index (χ0) is 17.2. The van der Waals surface area contributed by atoms with Crippen molar-refractivity contribution in [3.63, 3.8) is 0 Å². The number of hydrogen-bond donors (Lipinski definition) is 1. The van der Waals surface area contributed by atoms with Crippen molar-refractivity contribution >= 4 is 17.2 Å². The summed E-state index contributed by atoms with van der Waals surface area (Å²) in [7, 11) is 1.63. The molecule has 1 amide bonds. The Labute approximate surface area is 145 Å². The maximum atomic E-state index is 12.4. The number of ether oxygens (including phenoxy) is 1. The molecule has 1 fully saturated rings. The summed E-state index contributed by atoms with van der Waals surface area (Å²) in [6.45, 7) is 1.29. The number of hydrogen-bond acceptors (Lipinski definition) is 5. The van der Waals surface area contributed by atoms with Gasteiger partial charge in [0.25, 0.3) is 0 Å². The van der Waals surface area contributed by atoms with Crippen LogP contribution in [0.5, 0.6) is 5.75 Å². The molecule has 1 N–H and O–H groups in total. The highest BCUT2D eigenvalue weighted by Gasteiger charge is 2.30. The van der Waals surface area contributed by atoms with Crippen LogP contribution in [0.2, 0.25) is 0 Å². The maximum Gasteiger partial charge on any atom is 0.228 e. The van der Waals surface area contributed by atoms with E-state index in [0.29, 0.717) is 19.5 Å². The fraction of sp³-hybridized carbons (Fsp3) is 0.278. The van der Waals surface area contributed by atoms with E-state index in [4.69, 9.17) is 4.74 Å². The van der Waals surface area contributed by atoms with E-state index < -0.39 is 0 Å². The number of anilines is 1. The van der Waals surface area contributed by atoms with Crippen LogP contribution < -0.4 is 15.0 Å². The number of aromatic nitrogens is 3. The molecular weight excluding hydrogens is 318 g/mol. The SMILES string of the molecule is COc1cccc(N2CC(NCc3cnc4cnccn34)CC2=O)c1. The summed E-state index contributed by atoms with van der Waals surface area (Å²) >= 11 is 0. The number of rotatable bonds is 5. The van der Waals surface area contributed by atoms with Crippen molar-refractivity contribution < 1.29 is 9.53 Å². The van der Waals surface area contributed by atoms with Gasteiger partial charge in [0.2, 0.25) is 5.91 Å². The van der Waals surface area contributed by atoms with E-state index in [2.05, 4.69) is 15.3 Å². The van der Waals surface area contributed by atoms with E-state index in [-0.39, 0.29) is 11.9 Å². The molecular formula is C18H19N5O2. The zero-order valence-corrected chi connectivity index (χ0v) is 13.9. The van der Waals surface area contributed by atoms with Crippen LogP contribution in [0.1, 0.15) is 12.1 Å². The zero-order valence-electron chi connectivity index (χ0n) is 13.9. The first-order valence-corrected chi connectivity index (χ1v) is 8.18. The van der Waals surface area contributed by atoms with Crippen molar-refractivity contribution in [1.29, 1.82) is 0 Å². The van der Waals surface area contributed by atoms with Gasteiger partial charge in [-0.2, -0.15) is 0 Å². The summed E-state index contributed by atoms with van der Waals surface area (Å²) in [5, 5.41) is 3.46. The minimum Gasteiger partial charge on any atom is -0.497 e. The standard InChI is InChI=1S/C18H19N5O2/c1-25-16-4-2-3-14(8-16)23-12-13(7-18(23)24)20-9-15-10-21-17-11-19-5-6-22(15)17/h2-6,8,10-11,13,20H,7,9,12H2,1H3. The summed E-state index contributed by atoms with van der Waals surface area (Å²) in [5.74, 6) is 0.870. The third-order valence-corrected chi connectivity index (χ3v) is 4.46. The highest BCUT2D eigenvalue weighted by atomic mass is 16.5. The number of nitrogens with one attached hydrogen (secondary N) is 1. The smallest absolute Gasteiger partial charge is 0.228 e. The Morgan fingerprint density at radius 3 is 3.16 bits per heavy atom. The molecule has 3 aromatic rings. The minimum atomic E-state index is 0.103. The predicted octanol–water partition coefficient (Wildman–Crippen LogP) is 1.63. The van der Waals surface area contributed by atoms with Crippen LogP contribution in [0.3, 0.4) is 0 Å². The molecule has 0 aliphatic carbocycles. The first-order valence-electron chi connectivity index (χ1n) is 8.18. The Bertz CT molecular complexity index is 907. The second kappa shape index (κ2) is 6.52. The summed E-state index contributed by atoms with van der Waals surface area (Å²) < 4.78 is 7.24. The van der Waals surface area contributed by atoms with Crippen molar-refractivity contribution in [3.8, 4) is 5.75 Å². The number of methoxy groups -OCH3 is 1.